The lowest BCUT2D eigenvalue weighted by Gasteiger charge is -2.35. The van der Waals surface area contributed by atoms with Gasteiger partial charge in [0.1, 0.15) is 29.2 Å². The number of nitrogens with zero attached hydrogens (tertiary/aromatic N) is 1. The van der Waals surface area contributed by atoms with Gasteiger partial charge in [0.2, 0.25) is 5.91 Å². The van der Waals surface area contributed by atoms with Crippen LogP contribution in [0.4, 0.5) is 10.5 Å². The van der Waals surface area contributed by atoms with Gasteiger partial charge in [0.25, 0.3) is 5.91 Å². The summed E-state index contributed by atoms with van der Waals surface area (Å²) in [6.07, 6.45) is 5.19. The molecule has 2 atom stereocenters. The van der Waals surface area contributed by atoms with Crippen LogP contribution in [-0.2, 0) is 20.7 Å². The number of hydrogen-bond acceptors (Lipinski definition) is 6. The van der Waals surface area contributed by atoms with Crippen LogP contribution in [0.1, 0.15) is 100 Å². The molecule has 9 heteroatoms. The fourth-order valence-corrected chi connectivity index (χ4v) is 5.67. The van der Waals surface area contributed by atoms with E-state index in [0.29, 0.717) is 28.8 Å². The van der Waals surface area contributed by atoms with E-state index in [4.69, 9.17) is 4.74 Å². The highest BCUT2D eigenvalue weighted by Crippen LogP contribution is 2.30. The quantitative estimate of drug-likeness (QED) is 0.122. The van der Waals surface area contributed by atoms with E-state index in [9.17, 15) is 24.6 Å². The lowest BCUT2D eigenvalue weighted by Crippen LogP contribution is -2.53. The molecule has 0 aromatic heterocycles. The predicted molar refractivity (Wildman–Crippen MR) is 190 cm³/mol. The highest BCUT2D eigenvalue weighted by Gasteiger charge is 2.37. The molecule has 0 aliphatic rings. The zero-order valence-corrected chi connectivity index (χ0v) is 29.6. The van der Waals surface area contributed by atoms with Gasteiger partial charge >= 0.3 is 6.09 Å². The first-order chi connectivity index (χ1) is 22.7. The number of para-hydroxylation sites is 1. The number of rotatable bonds is 15. The van der Waals surface area contributed by atoms with Gasteiger partial charge in [-0.3, -0.25) is 9.59 Å². The number of phenolic OH excluding ortho intramolecular Hbond substituents is 2. The van der Waals surface area contributed by atoms with Crippen molar-refractivity contribution in [2.75, 3.05) is 11.9 Å². The van der Waals surface area contributed by atoms with Crippen molar-refractivity contribution >= 4 is 23.6 Å². The maximum Gasteiger partial charge on any atom is 0.408 e. The molecule has 3 aromatic rings. The molecular formula is C39H53N3O6. The molecule has 0 radical (unpaired) electrons. The predicted octanol–water partition coefficient (Wildman–Crippen LogP) is 8.03. The van der Waals surface area contributed by atoms with Gasteiger partial charge in [-0.15, -0.1) is 0 Å². The number of anilines is 1. The van der Waals surface area contributed by atoms with Crippen molar-refractivity contribution in [2.24, 2.45) is 0 Å². The van der Waals surface area contributed by atoms with E-state index in [0.717, 1.165) is 43.2 Å². The molecule has 3 aromatic carbocycles. The van der Waals surface area contributed by atoms with E-state index in [1.807, 2.05) is 32.0 Å². The molecule has 3 amide bonds. The van der Waals surface area contributed by atoms with E-state index >= 15 is 0 Å². The number of aryl methyl sites for hydroxylation is 3. The second-order valence-corrected chi connectivity index (χ2v) is 13.6. The van der Waals surface area contributed by atoms with E-state index in [2.05, 4.69) is 17.6 Å². The van der Waals surface area contributed by atoms with Crippen LogP contribution in [0.2, 0.25) is 0 Å². The Morgan fingerprint density at radius 1 is 0.833 bits per heavy atom. The fraction of sp³-hybridized carbons (Fsp3) is 0.462. The van der Waals surface area contributed by atoms with Crippen molar-refractivity contribution in [1.82, 2.24) is 10.2 Å². The second-order valence-electron chi connectivity index (χ2n) is 13.6. The number of unbranched alkanes of at least 4 members (excludes halogenated alkanes) is 5. The average molecular weight is 660 g/mol. The van der Waals surface area contributed by atoms with E-state index in [1.54, 1.807) is 56.9 Å². The topological polar surface area (TPSA) is 128 Å². The number of hydrogen-bond donors (Lipinski definition) is 4. The number of aromatic hydroxyl groups is 2. The molecule has 2 unspecified atom stereocenters. The number of nitrogens with one attached hydrogen (secondary N) is 2. The first-order valence-electron chi connectivity index (χ1n) is 16.9. The number of carbonyl (C=O) groups excluding carboxylic acids is 3. The Balaban J connectivity index is 2.11. The number of benzene rings is 3. The van der Waals surface area contributed by atoms with E-state index in [-0.39, 0.29) is 24.5 Å². The van der Waals surface area contributed by atoms with Gasteiger partial charge in [0, 0.05) is 18.7 Å². The van der Waals surface area contributed by atoms with Crippen LogP contribution in [0.3, 0.4) is 0 Å². The van der Waals surface area contributed by atoms with Crippen molar-refractivity contribution in [2.45, 2.75) is 111 Å². The number of phenols is 2. The molecule has 3 rings (SSSR count). The summed E-state index contributed by atoms with van der Waals surface area (Å²) in [6.45, 7) is 13.2. The van der Waals surface area contributed by atoms with E-state index in [1.165, 1.54) is 18.2 Å². The third-order valence-electron chi connectivity index (χ3n) is 8.23. The molecular weight excluding hydrogens is 606 g/mol. The number of alkyl carbamates (subject to hydrolysis) is 1. The number of amides is 3. The van der Waals surface area contributed by atoms with Crippen molar-refractivity contribution in [1.29, 1.82) is 0 Å². The second kappa shape index (κ2) is 17.6. The highest BCUT2D eigenvalue weighted by molar-refractivity contribution is 6.00. The van der Waals surface area contributed by atoms with Crippen LogP contribution in [0.15, 0.2) is 60.7 Å². The molecule has 0 spiro atoms. The standard InChI is InChI=1S/C39H53N3O6/c1-8-9-10-11-12-13-23-42(37(46)32(40-38(47)48-39(5,6)7)25-29-17-20-31(43)21-18-29)35(30-19-22-33(44)28(4)24-30)36(45)41-34-26(2)15-14-16-27(34)3/h14-22,24,32,35,43-44H,8-13,23,25H2,1-7H3,(H,40,47)(H,41,45). The van der Waals surface area contributed by atoms with Crippen LogP contribution < -0.4 is 10.6 Å². The van der Waals surface area contributed by atoms with Crippen molar-refractivity contribution in [3.05, 3.63) is 88.5 Å². The van der Waals surface area contributed by atoms with Gasteiger partial charge in [0.05, 0.1) is 0 Å². The summed E-state index contributed by atoms with van der Waals surface area (Å²) in [6, 6.07) is 15.0. The molecule has 0 fully saturated rings. The summed E-state index contributed by atoms with van der Waals surface area (Å²) < 4.78 is 5.55. The first-order valence-corrected chi connectivity index (χ1v) is 16.9. The Hall–Kier alpha value is -4.53. The third kappa shape index (κ3) is 11.3. The SMILES string of the molecule is CCCCCCCCN(C(=O)C(Cc1ccc(O)cc1)NC(=O)OC(C)(C)C)C(C(=O)Nc1c(C)cccc1C)c1ccc(O)c(C)c1. The third-order valence-corrected chi connectivity index (χ3v) is 8.23. The molecule has 9 nitrogen and oxygen atoms in total. The minimum atomic E-state index is -1.09. The van der Waals surface area contributed by atoms with Crippen molar-refractivity contribution < 1.29 is 29.3 Å². The van der Waals surface area contributed by atoms with Gasteiger partial charge in [-0.2, -0.15) is 0 Å². The Bertz CT molecular complexity index is 1510. The average Bonchev–Trinajstić information content (AvgIpc) is 3.01. The van der Waals surface area contributed by atoms with Crippen LogP contribution in [-0.4, -0.2) is 51.2 Å². The Morgan fingerprint density at radius 2 is 1.46 bits per heavy atom. The minimum absolute atomic E-state index is 0.0809. The summed E-state index contributed by atoms with van der Waals surface area (Å²) in [4.78, 5) is 43.9. The first kappa shape index (κ1) is 37.9. The lowest BCUT2D eigenvalue weighted by molar-refractivity contribution is -0.140. The zero-order valence-electron chi connectivity index (χ0n) is 29.6. The number of carbonyl (C=O) groups is 3. The van der Waals surface area contributed by atoms with E-state index < -0.39 is 35.6 Å². The van der Waals surface area contributed by atoms with Crippen LogP contribution in [0.5, 0.6) is 11.5 Å². The summed E-state index contributed by atoms with van der Waals surface area (Å²) in [5.41, 5.74) is 3.45. The van der Waals surface area contributed by atoms with Gasteiger partial charge in [0.15, 0.2) is 0 Å². The van der Waals surface area contributed by atoms with Gasteiger partial charge in [-0.25, -0.2) is 4.79 Å². The van der Waals surface area contributed by atoms with Crippen LogP contribution in [0.25, 0.3) is 0 Å². The molecule has 48 heavy (non-hydrogen) atoms. The Morgan fingerprint density at radius 3 is 2.06 bits per heavy atom. The Labute approximate surface area is 285 Å². The van der Waals surface area contributed by atoms with Crippen LogP contribution in [0, 0.1) is 20.8 Å². The largest absolute Gasteiger partial charge is 0.508 e. The maximum absolute atomic E-state index is 14.8. The van der Waals surface area contributed by atoms with Crippen molar-refractivity contribution in [3.8, 4) is 11.5 Å². The molecule has 0 heterocycles. The molecule has 0 aliphatic carbocycles. The number of ether oxygens (including phenoxy) is 1. The van der Waals surface area contributed by atoms with Gasteiger partial charge in [-0.05, 0) is 100 Å². The molecule has 0 aliphatic heterocycles. The van der Waals surface area contributed by atoms with Gasteiger partial charge < -0.3 is 30.5 Å². The van der Waals surface area contributed by atoms with Crippen molar-refractivity contribution in [3.63, 3.8) is 0 Å². The molecule has 0 saturated heterocycles. The zero-order chi connectivity index (χ0) is 35.4. The summed E-state index contributed by atoms with van der Waals surface area (Å²) >= 11 is 0. The van der Waals surface area contributed by atoms with Gasteiger partial charge in [-0.1, -0.05) is 75.4 Å². The normalized spacial score (nSPS) is 12.6. The fourth-order valence-electron chi connectivity index (χ4n) is 5.67. The highest BCUT2D eigenvalue weighted by atomic mass is 16.6. The molecule has 260 valence electrons. The minimum Gasteiger partial charge on any atom is -0.508 e. The van der Waals surface area contributed by atoms with Crippen LogP contribution >= 0.6 is 0 Å². The summed E-state index contributed by atoms with van der Waals surface area (Å²) in [7, 11) is 0. The smallest absolute Gasteiger partial charge is 0.408 e. The summed E-state index contributed by atoms with van der Waals surface area (Å²) in [5, 5.41) is 26.1. The molecule has 0 saturated carbocycles. The summed E-state index contributed by atoms with van der Waals surface area (Å²) in [5.74, 6) is -0.692. The Kier molecular flexibility index (Phi) is 13.9. The maximum atomic E-state index is 14.8. The molecule has 0 bridgehead atoms. The lowest BCUT2D eigenvalue weighted by atomic mass is 9.97. The molecule has 4 N–H and O–H groups in total. The monoisotopic (exact) mass is 659 g/mol.